The van der Waals surface area contributed by atoms with E-state index in [2.05, 4.69) is 39.8 Å². The summed E-state index contributed by atoms with van der Waals surface area (Å²) < 4.78 is 7.88. The van der Waals surface area contributed by atoms with E-state index in [1.54, 1.807) is 28.9 Å². The van der Waals surface area contributed by atoms with Gasteiger partial charge >= 0.3 is 0 Å². The molecule has 1 aromatic carbocycles. The minimum atomic E-state index is -0.412. The second kappa shape index (κ2) is 11.2. The molecular formula is C26H29ClN6O4S. The highest BCUT2D eigenvalue weighted by atomic mass is 35.5. The maximum Gasteiger partial charge on any atom is 0.274 e. The average molecular weight is 557 g/mol. The molecule has 0 atom stereocenters. The van der Waals surface area contributed by atoms with E-state index in [0.717, 1.165) is 30.8 Å². The molecule has 5 rings (SSSR count). The topological polar surface area (TPSA) is 115 Å². The average Bonchev–Trinajstić information content (AvgIpc) is 3.63. The van der Waals surface area contributed by atoms with Crippen LogP contribution in [0.2, 0.25) is 4.34 Å². The van der Waals surface area contributed by atoms with Crippen LogP contribution in [0.25, 0.3) is 21.5 Å². The zero-order valence-electron chi connectivity index (χ0n) is 21.4. The molecule has 4 aromatic rings. The molecule has 0 spiro atoms. The highest BCUT2D eigenvalue weighted by Gasteiger charge is 2.25. The Labute approximate surface area is 228 Å². The number of halogens is 1. The van der Waals surface area contributed by atoms with Crippen molar-refractivity contribution in [1.29, 1.82) is 0 Å². The molecule has 38 heavy (non-hydrogen) atoms. The summed E-state index contributed by atoms with van der Waals surface area (Å²) in [6, 6.07) is 11.2. The minimum absolute atomic E-state index is 0.0633. The van der Waals surface area contributed by atoms with Gasteiger partial charge < -0.3 is 14.7 Å². The fourth-order valence-corrected chi connectivity index (χ4v) is 5.67. The molecule has 2 amide bonds. The molecule has 1 aliphatic heterocycles. The number of fused-ring (bicyclic) bond motifs is 1. The van der Waals surface area contributed by atoms with Gasteiger partial charge in [0.15, 0.2) is 11.5 Å². The first kappa shape index (κ1) is 26.4. The number of rotatable bonds is 8. The van der Waals surface area contributed by atoms with Crippen molar-refractivity contribution in [2.45, 2.75) is 45.3 Å². The van der Waals surface area contributed by atoms with Crippen molar-refractivity contribution in [3.8, 4) is 10.6 Å². The van der Waals surface area contributed by atoms with Crippen molar-refractivity contribution in [2.75, 3.05) is 20.2 Å². The van der Waals surface area contributed by atoms with Crippen LogP contribution in [-0.4, -0.2) is 63.9 Å². The lowest BCUT2D eigenvalue weighted by Gasteiger charge is -2.34. The van der Waals surface area contributed by atoms with E-state index in [1.165, 1.54) is 18.4 Å². The van der Waals surface area contributed by atoms with Crippen LogP contribution in [-0.2, 0) is 11.4 Å². The third-order valence-electron chi connectivity index (χ3n) is 6.70. The van der Waals surface area contributed by atoms with Gasteiger partial charge in [-0.2, -0.15) is 5.10 Å². The summed E-state index contributed by atoms with van der Waals surface area (Å²) in [6.07, 6.45) is 1.75. The SMILES string of the molecule is CONC(=O)c1ccc2c(c1)c(C(=O)NC1CCN(C(C)C)CC1)nn2Cc1cc(-c2ccc(Cl)s2)on1. The number of carbonyl (C=O) groups excluding carboxylic acids is 2. The van der Waals surface area contributed by atoms with Gasteiger partial charge in [-0.1, -0.05) is 16.8 Å². The van der Waals surface area contributed by atoms with E-state index in [9.17, 15) is 9.59 Å². The van der Waals surface area contributed by atoms with Gasteiger partial charge in [-0.05, 0) is 57.0 Å². The Kier molecular flexibility index (Phi) is 7.80. The normalized spacial score (nSPS) is 14.9. The molecule has 200 valence electrons. The van der Waals surface area contributed by atoms with Gasteiger partial charge in [0.05, 0.1) is 28.4 Å². The highest BCUT2D eigenvalue weighted by Crippen LogP contribution is 2.31. The van der Waals surface area contributed by atoms with Crippen molar-refractivity contribution in [1.82, 2.24) is 30.6 Å². The summed E-state index contributed by atoms with van der Waals surface area (Å²) in [5.41, 5.74) is 4.27. The number of nitrogens with zero attached hydrogens (tertiary/aromatic N) is 4. The number of piperidine rings is 1. The van der Waals surface area contributed by atoms with Gasteiger partial charge in [0.25, 0.3) is 11.8 Å². The molecule has 0 saturated carbocycles. The second-order valence-electron chi connectivity index (χ2n) is 9.54. The summed E-state index contributed by atoms with van der Waals surface area (Å²) >= 11 is 7.46. The maximum absolute atomic E-state index is 13.4. The van der Waals surface area contributed by atoms with Crippen LogP contribution < -0.4 is 10.8 Å². The van der Waals surface area contributed by atoms with Gasteiger partial charge in [-0.3, -0.25) is 19.1 Å². The number of thiophene rings is 1. The van der Waals surface area contributed by atoms with Crippen LogP contribution in [0.5, 0.6) is 0 Å². The number of carbonyl (C=O) groups is 2. The summed E-state index contributed by atoms with van der Waals surface area (Å²) in [7, 11) is 1.37. The van der Waals surface area contributed by atoms with Crippen molar-refractivity contribution < 1.29 is 18.9 Å². The monoisotopic (exact) mass is 556 g/mol. The quantitative estimate of drug-likeness (QED) is 0.310. The number of hydroxylamine groups is 1. The number of nitrogens with one attached hydrogen (secondary N) is 2. The molecule has 0 bridgehead atoms. The van der Waals surface area contributed by atoms with Crippen LogP contribution in [0.4, 0.5) is 0 Å². The standard InChI is InChI=1S/C26H29ClN6O4S/c1-15(2)32-10-8-17(9-11-32)28-26(35)24-19-12-16(25(34)31-36-3)4-5-20(19)33(29-24)14-18-13-21(37-30-18)22-6-7-23(27)38-22/h4-7,12-13,15,17H,8-11,14H2,1-3H3,(H,28,35)(H,31,34). The third-order valence-corrected chi connectivity index (χ3v) is 7.95. The van der Waals surface area contributed by atoms with Crippen LogP contribution in [0.3, 0.4) is 0 Å². The van der Waals surface area contributed by atoms with E-state index in [4.69, 9.17) is 21.0 Å². The summed E-state index contributed by atoms with van der Waals surface area (Å²) in [5.74, 6) is -0.0713. The molecule has 1 saturated heterocycles. The van der Waals surface area contributed by atoms with E-state index in [0.29, 0.717) is 38.3 Å². The first-order valence-corrected chi connectivity index (χ1v) is 13.6. The van der Waals surface area contributed by atoms with Crippen molar-refractivity contribution in [3.63, 3.8) is 0 Å². The lowest BCUT2D eigenvalue weighted by atomic mass is 10.0. The fourth-order valence-electron chi connectivity index (χ4n) is 4.68. The van der Waals surface area contributed by atoms with E-state index in [1.807, 2.05) is 12.1 Å². The Bertz CT molecular complexity index is 1450. The highest BCUT2D eigenvalue weighted by molar-refractivity contribution is 7.19. The Morgan fingerprint density at radius 2 is 1.97 bits per heavy atom. The number of likely N-dealkylation sites (tertiary alicyclic amines) is 1. The third kappa shape index (κ3) is 5.60. The van der Waals surface area contributed by atoms with Crippen molar-refractivity contribution >= 4 is 45.7 Å². The summed E-state index contributed by atoms with van der Waals surface area (Å²) in [4.78, 5) is 33.9. The van der Waals surface area contributed by atoms with E-state index >= 15 is 0 Å². The van der Waals surface area contributed by atoms with Crippen LogP contribution in [0.1, 0.15) is 53.2 Å². The molecule has 0 aliphatic carbocycles. The largest absolute Gasteiger partial charge is 0.355 e. The summed E-state index contributed by atoms with van der Waals surface area (Å²) in [6.45, 7) is 6.51. The predicted molar refractivity (Wildman–Crippen MR) is 145 cm³/mol. The molecule has 2 N–H and O–H groups in total. The minimum Gasteiger partial charge on any atom is -0.355 e. The van der Waals surface area contributed by atoms with Crippen LogP contribution >= 0.6 is 22.9 Å². The van der Waals surface area contributed by atoms with Gasteiger partial charge in [0.1, 0.15) is 5.69 Å². The molecule has 10 nitrogen and oxygen atoms in total. The molecule has 1 fully saturated rings. The molecule has 12 heteroatoms. The van der Waals surface area contributed by atoms with Crippen LogP contribution in [0, 0.1) is 0 Å². The molecule has 3 aromatic heterocycles. The fraction of sp³-hybridized carbons (Fsp3) is 0.385. The van der Waals surface area contributed by atoms with Gasteiger partial charge in [0, 0.05) is 42.2 Å². The van der Waals surface area contributed by atoms with Gasteiger partial charge in [0.2, 0.25) is 0 Å². The predicted octanol–water partition coefficient (Wildman–Crippen LogP) is 4.35. The zero-order valence-corrected chi connectivity index (χ0v) is 22.9. The summed E-state index contributed by atoms with van der Waals surface area (Å²) in [5, 5.41) is 12.6. The Balaban J connectivity index is 1.42. The lowest BCUT2D eigenvalue weighted by Crippen LogP contribution is -2.46. The molecule has 0 radical (unpaired) electrons. The number of hydrogen-bond acceptors (Lipinski definition) is 8. The first-order valence-electron chi connectivity index (χ1n) is 12.4. The zero-order chi connectivity index (χ0) is 26.8. The Morgan fingerprint density at radius 1 is 1.18 bits per heavy atom. The number of benzene rings is 1. The first-order chi connectivity index (χ1) is 18.3. The van der Waals surface area contributed by atoms with Gasteiger partial charge in [-0.25, -0.2) is 5.48 Å². The molecular weight excluding hydrogens is 528 g/mol. The van der Waals surface area contributed by atoms with Gasteiger partial charge in [-0.15, -0.1) is 11.3 Å². The van der Waals surface area contributed by atoms with Crippen molar-refractivity contribution in [3.05, 3.63) is 57.7 Å². The smallest absolute Gasteiger partial charge is 0.274 e. The Morgan fingerprint density at radius 3 is 2.66 bits per heavy atom. The molecule has 4 heterocycles. The van der Waals surface area contributed by atoms with Crippen LogP contribution in [0.15, 0.2) is 40.9 Å². The number of hydrogen-bond donors (Lipinski definition) is 2. The molecule has 1 aliphatic rings. The maximum atomic E-state index is 13.4. The Hall–Kier alpha value is -3.25. The lowest BCUT2D eigenvalue weighted by molar-refractivity contribution is 0.0537. The van der Waals surface area contributed by atoms with E-state index < -0.39 is 5.91 Å². The van der Waals surface area contributed by atoms with Crippen molar-refractivity contribution in [2.24, 2.45) is 0 Å². The number of aromatic nitrogens is 3. The molecule has 0 unspecified atom stereocenters. The van der Waals surface area contributed by atoms with E-state index in [-0.39, 0.29) is 24.2 Å². The second-order valence-corrected chi connectivity index (χ2v) is 11.3. The number of amides is 2.